The number of carbonyl (C=O) groups is 2. The average Bonchev–Trinajstić information content (AvgIpc) is 2.54. The molecule has 1 saturated heterocycles. The van der Waals surface area contributed by atoms with Gasteiger partial charge in [0.15, 0.2) is 5.54 Å². The maximum atomic E-state index is 11.7. The van der Waals surface area contributed by atoms with Crippen LogP contribution in [0.25, 0.3) is 0 Å². The molecule has 0 spiro atoms. The summed E-state index contributed by atoms with van der Waals surface area (Å²) in [6.07, 6.45) is -2.33. The van der Waals surface area contributed by atoms with Gasteiger partial charge in [-0.2, -0.15) is 0 Å². The van der Waals surface area contributed by atoms with E-state index in [0.29, 0.717) is 0 Å². The lowest BCUT2D eigenvalue weighted by atomic mass is 9.67. The Bertz CT molecular complexity index is 362. The fourth-order valence-corrected chi connectivity index (χ4v) is 2.72. The minimum atomic E-state index is -1.76. The molecule has 6 nitrogen and oxygen atoms in total. The number of aliphatic hydroxyl groups excluding tert-OH is 1. The molecule has 6 heteroatoms. The van der Waals surface area contributed by atoms with Gasteiger partial charge in [-0.05, 0) is 17.8 Å². The standard InChI is InChI=1S/C12H21NO5/c1-7(11(2,3)4)12(9(15)16)8(14)5-6-13(12)10(17)18/h7-8,14H,5-6H2,1-4H3,(H,15,16)(H,17,18)/t7-,8-,12-/m0/s1. The average molecular weight is 259 g/mol. The lowest BCUT2D eigenvalue weighted by Gasteiger charge is -2.45. The van der Waals surface area contributed by atoms with E-state index in [1.54, 1.807) is 6.92 Å². The first kappa shape index (κ1) is 14.8. The molecule has 0 aromatic heterocycles. The van der Waals surface area contributed by atoms with Gasteiger partial charge in [-0.3, -0.25) is 4.90 Å². The summed E-state index contributed by atoms with van der Waals surface area (Å²) in [5, 5.41) is 28.8. The molecule has 0 radical (unpaired) electrons. The molecule has 1 amide bonds. The van der Waals surface area contributed by atoms with E-state index in [9.17, 15) is 24.9 Å². The number of rotatable bonds is 2. The number of likely N-dealkylation sites (tertiary alicyclic amines) is 1. The van der Waals surface area contributed by atoms with Crippen LogP contribution < -0.4 is 0 Å². The molecule has 0 aliphatic carbocycles. The molecule has 1 heterocycles. The van der Waals surface area contributed by atoms with Crippen molar-refractivity contribution in [2.24, 2.45) is 11.3 Å². The SMILES string of the molecule is C[C@@H](C(C)(C)C)[C@@]1(C(=O)O)[C@@H](O)CCN1C(=O)O. The Labute approximate surface area is 106 Å². The maximum absolute atomic E-state index is 11.7. The summed E-state index contributed by atoms with van der Waals surface area (Å²) >= 11 is 0. The van der Waals surface area contributed by atoms with Crippen LogP contribution in [0.5, 0.6) is 0 Å². The highest BCUT2D eigenvalue weighted by Gasteiger charge is 2.62. The summed E-state index contributed by atoms with van der Waals surface area (Å²) < 4.78 is 0. The molecule has 3 atom stereocenters. The lowest BCUT2D eigenvalue weighted by Crippen LogP contribution is -2.64. The number of nitrogens with zero attached hydrogens (tertiary/aromatic N) is 1. The second-order valence-electron chi connectivity index (χ2n) is 5.96. The van der Waals surface area contributed by atoms with Crippen molar-refractivity contribution in [1.29, 1.82) is 0 Å². The summed E-state index contributed by atoms with van der Waals surface area (Å²) in [5.41, 5.74) is -2.19. The Morgan fingerprint density at radius 3 is 2.17 bits per heavy atom. The van der Waals surface area contributed by atoms with Gasteiger partial charge in [0.25, 0.3) is 0 Å². The van der Waals surface area contributed by atoms with Crippen molar-refractivity contribution in [3.05, 3.63) is 0 Å². The van der Waals surface area contributed by atoms with Crippen molar-refractivity contribution in [3.63, 3.8) is 0 Å². The fourth-order valence-electron chi connectivity index (χ4n) is 2.72. The minimum Gasteiger partial charge on any atom is -0.479 e. The summed E-state index contributed by atoms with van der Waals surface area (Å²) in [7, 11) is 0. The Morgan fingerprint density at radius 2 is 1.83 bits per heavy atom. The zero-order valence-electron chi connectivity index (χ0n) is 11.2. The van der Waals surface area contributed by atoms with Gasteiger partial charge >= 0.3 is 12.1 Å². The first-order valence-electron chi connectivity index (χ1n) is 5.98. The molecule has 0 aromatic rings. The summed E-state index contributed by atoms with van der Waals surface area (Å²) in [4.78, 5) is 23.8. The van der Waals surface area contributed by atoms with E-state index in [1.165, 1.54) is 0 Å². The van der Waals surface area contributed by atoms with Crippen LogP contribution in [0.1, 0.15) is 34.1 Å². The third-order valence-electron chi connectivity index (χ3n) is 4.11. The van der Waals surface area contributed by atoms with Crippen LogP contribution in [0.4, 0.5) is 4.79 Å². The van der Waals surface area contributed by atoms with Crippen molar-refractivity contribution in [2.75, 3.05) is 6.54 Å². The predicted octanol–water partition coefficient (Wildman–Crippen LogP) is 1.24. The van der Waals surface area contributed by atoms with Crippen molar-refractivity contribution < 1.29 is 24.9 Å². The van der Waals surface area contributed by atoms with Crippen LogP contribution in [0.15, 0.2) is 0 Å². The molecule has 0 unspecified atom stereocenters. The molecule has 1 aliphatic heterocycles. The number of amides is 1. The molecule has 0 bridgehead atoms. The highest BCUT2D eigenvalue weighted by atomic mass is 16.4. The maximum Gasteiger partial charge on any atom is 0.408 e. The van der Waals surface area contributed by atoms with Gasteiger partial charge in [0.05, 0.1) is 6.10 Å². The molecule has 1 aliphatic rings. The third-order valence-corrected chi connectivity index (χ3v) is 4.11. The normalized spacial score (nSPS) is 30.3. The molecule has 18 heavy (non-hydrogen) atoms. The van der Waals surface area contributed by atoms with E-state index in [1.807, 2.05) is 20.8 Å². The van der Waals surface area contributed by atoms with Gasteiger partial charge in [0.1, 0.15) is 0 Å². The van der Waals surface area contributed by atoms with Crippen molar-refractivity contribution >= 4 is 12.1 Å². The molecular weight excluding hydrogens is 238 g/mol. The van der Waals surface area contributed by atoms with E-state index in [2.05, 4.69) is 0 Å². The highest BCUT2D eigenvalue weighted by molar-refractivity contribution is 5.86. The predicted molar refractivity (Wildman–Crippen MR) is 64.3 cm³/mol. The molecule has 0 saturated carbocycles. The van der Waals surface area contributed by atoms with Crippen LogP contribution in [0.3, 0.4) is 0 Å². The minimum absolute atomic E-state index is 0.0449. The quantitative estimate of drug-likeness (QED) is 0.693. The topological polar surface area (TPSA) is 98.1 Å². The second kappa shape index (κ2) is 4.42. The number of carboxylic acids is 1. The molecule has 104 valence electrons. The van der Waals surface area contributed by atoms with Gasteiger partial charge < -0.3 is 15.3 Å². The fraction of sp³-hybridized carbons (Fsp3) is 0.833. The van der Waals surface area contributed by atoms with Crippen LogP contribution in [-0.2, 0) is 4.79 Å². The van der Waals surface area contributed by atoms with E-state index in [-0.39, 0.29) is 13.0 Å². The van der Waals surface area contributed by atoms with Crippen molar-refractivity contribution in [1.82, 2.24) is 4.90 Å². The van der Waals surface area contributed by atoms with E-state index in [4.69, 9.17) is 0 Å². The molecule has 0 aromatic carbocycles. The number of aliphatic carboxylic acids is 1. The smallest absolute Gasteiger partial charge is 0.408 e. The Balaban J connectivity index is 3.37. The van der Waals surface area contributed by atoms with Crippen LogP contribution in [0, 0.1) is 11.3 Å². The zero-order valence-corrected chi connectivity index (χ0v) is 11.2. The number of hydrogen-bond acceptors (Lipinski definition) is 3. The van der Waals surface area contributed by atoms with Gasteiger partial charge in [0.2, 0.25) is 0 Å². The largest absolute Gasteiger partial charge is 0.479 e. The first-order valence-corrected chi connectivity index (χ1v) is 5.98. The molecular formula is C12H21NO5. The van der Waals surface area contributed by atoms with Crippen LogP contribution in [0.2, 0.25) is 0 Å². The van der Waals surface area contributed by atoms with Crippen LogP contribution in [-0.4, -0.2) is 50.5 Å². The highest BCUT2D eigenvalue weighted by Crippen LogP contribution is 2.44. The monoisotopic (exact) mass is 259 g/mol. The number of aliphatic hydroxyl groups is 1. The Hall–Kier alpha value is -1.30. The van der Waals surface area contributed by atoms with E-state index >= 15 is 0 Å². The number of carboxylic acid groups (broad SMARTS) is 2. The Morgan fingerprint density at radius 1 is 1.33 bits per heavy atom. The van der Waals surface area contributed by atoms with Gasteiger partial charge in [-0.1, -0.05) is 27.7 Å². The van der Waals surface area contributed by atoms with Gasteiger partial charge in [-0.25, -0.2) is 9.59 Å². The summed E-state index contributed by atoms with van der Waals surface area (Å²) in [5.74, 6) is -1.80. The van der Waals surface area contributed by atoms with Crippen molar-refractivity contribution in [3.8, 4) is 0 Å². The van der Waals surface area contributed by atoms with E-state index < -0.39 is 35.0 Å². The lowest BCUT2D eigenvalue weighted by molar-refractivity contribution is -0.162. The van der Waals surface area contributed by atoms with Crippen molar-refractivity contribution in [2.45, 2.75) is 45.8 Å². The van der Waals surface area contributed by atoms with E-state index in [0.717, 1.165) is 4.90 Å². The van der Waals surface area contributed by atoms with Crippen LogP contribution >= 0.6 is 0 Å². The van der Waals surface area contributed by atoms with Gasteiger partial charge in [-0.15, -0.1) is 0 Å². The molecule has 1 rings (SSSR count). The number of hydrogen-bond donors (Lipinski definition) is 3. The first-order chi connectivity index (χ1) is 8.06. The summed E-state index contributed by atoms with van der Waals surface area (Å²) in [6, 6.07) is 0. The Kier molecular flexibility index (Phi) is 3.63. The zero-order chi connectivity index (χ0) is 14.3. The molecule has 1 fully saturated rings. The molecule has 3 N–H and O–H groups in total. The summed E-state index contributed by atoms with van der Waals surface area (Å²) in [6.45, 7) is 7.25. The third kappa shape index (κ3) is 1.94. The van der Waals surface area contributed by atoms with Gasteiger partial charge in [0, 0.05) is 6.54 Å². The second-order valence-corrected chi connectivity index (χ2v) is 5.96.